The molecule has 0 atom stereocenters. The summed E-state index contributed by atoms with van der Waals surface area (Å²) in [5.41, 5.74) is -2.37. The lowest BCUT2D eigenvalue weighted by Crippen LogP contribution is -2.10. The molecule has 9 heavy (non-hydrogen) atoms. The van der Waals surface area contributed by atoms with E-state index in [9.17, 15) is 13.2 Å². The summed E-state index contributed by atoms with van der Waals surface area (Å²) in [6.45, 7) is 0.867. The van der Waals surface area contributed by atoms with Crippen molar-refractivity contribution < 1.29 is 13.2 Å². The average molecular weight is 132 g/mol. The smallest absolute Gasteiger partial charge is 0.215 e. The van der Waals surface area contributed by atoms with Crippen molar-refractivity contribution in [1.82, 2.24) is 0 Å². The minimum absolute atomic E-state index is 0.799. The first-order chi connectivity index (χ1) is 4.12. The third-order valence-electron chi connectivity index (χ3n) is 0.564. The monoisotopic (exact) mass is 132 g/mol. The first-order valence-electron chi connectivity index (χ1n) is 2.07. The highest BCUT2D eigenvalue weighted by atomic mass is 19.1. The zero-order chi connectivity index (χ0) is 7.33. The fraction of sp³-hybridized carbons (Fsp3) is 0.333. The first kappa shape index (κ1) is 7.91. The summed E-state index contributed by atoms with van der Waals surface area (Å²) < 4.78 is 34.3. The largest absolute Gasteiger partial charge is 0.233 e. The van der Waals surface area contributed by atoms with Gasteiger partial charge in [0.25, 0.3) is 0 Å². The zero-order valence-electron chi connectivity index (χ0n) is 4.63. The number of halogens is 3. The molecule has 0 nitrogen and oxygen atoms in total. The van der Waals surface area contributed by atoms with Crippen LogP contribution in [0.4, 0.5) is 13.2 Å². The Kier molecular flexibility index (Phi) is 2.67. The van der Waals surface area contributed by atoms with Crippen LogP contribution in [0.1, 0.15) is 6.92 Å². The van der Waals surface area contributed by atoms with Gasteiger partial charge in [0.05, 0.1) is 0 Å². The van der Waals surface area contributed by atoms with Gasteiger partial charge in [-0.3, -0.25) is 0 Å². The van der Waals surface area contributed by atoms with Gasteiger partial charge in [-0.2, -0.15) is 0 Å². The Labute approximate surface area is 51.1 Å². The van der Waals surface area contributed by atoms with Crippen molar-refractivity contribution in [2.45, 2.75) is 12.6 Å². The Morgan fingerprint density at radius 3 is 1.67 bits per heavy atom. The predicted octanol–water partition coefficient (Wildman–Crippen LogP) is 1.58. The van der Waals surface area contributed by atoms with E-state index < -0.39 is 5.67 Å². The minimum atomic E-state index is -2.37. The summed E-state index contributed by atoms with van der Waals surface area (Å²) in [7, 11) is 0. The van der Waals surface area contributed by atoms with Crippen LogP contribution in [0.2, 0.25) is 0 Å². The molecular formula is C6H3F3. The molecule has 0 spiro atoms. The number of hydrogen-bond donors (Lipinski definition) is 0. The Hall–Kier alpha value is -1.09. The van der Waals surface area contributed by atoms with E-state index in [0.29, 0.717) is 0 Å². The highest BCUT2D eigenvalue weighted by Gasteiger charge is 2.15. The first-order valence-corrected chi connectivity index (χ1v) is 2.07. The van der Waals surface area contributed by atoms with E-state index in [1.54, 1.807) is 0 Å². The predicted molar refractivity (Wildman–Crippen MR) is 27.3 cm³/mol. The maximum atomic E-state index is 12.3. The summed E-state index contributed by atoms with van der Waals surface area (Å²) >= 11 is 0. The molecule has 0 N–H and O–H groups in total. The third kappa shape index (κ3) is 3.49. The molecule has 0 aromatic carbocycles. The van der Waals surface area contributed by atoms with Crippen LogP contribution in [-0.2, 0) is 0 Å². The van der Waals surface area contributed by atoms with Crippen LogP contribution < -0.4 is 0 Å². The number of alkyl halides is 1. The van der Waals surface area contributed by atoms with Crippen molar-refractivity contribution in [1.29, 1.82) is 0 Å². The van der Waals surface area contributed by atoms with Crippen LogP contribution in [-0.4, -0.2) is 5.67 Å². The van der Waals surface area contributed by atoms with Gasteiger partial charge in [0.2, 0.25) is 5.67 Å². The third-order valence-corrected chi connectivity index (χ3v) is 0.564. The van der Waals surface area contributed by atoms with Crippen molar-refractivity contribution in [3.05, 3.63) is 0 Å². The highest BCUT2D eigenvalue weighted by molar-refractivity contribution is 5.24. The zero-order valence-corrected chi connectivity index (χ0v) is 4.63. The van der Waals surface area contributed by atoms with Gasteiger partial charge in [-0.05, 0) is 18.8 Å². The molecule has 0 unspecified atom stereocenters. The lowest BCUT2D eigenvalue weighted by Gasteiger charge is -1.98. The summed E-state index contributed by atoms with van der Waals surface area (Å²) in [6.07, 6.45) is 1.60. The van der Waals surface area contributed by atoms with Gasteiger partial charge >= 0.3 is 0 Å². The van der Waals surface area contributed by atoms with Crippen LogP contribution in [0, 0.1) is 24.2 Å². The van der Waals surface area contributed by atoms with Gasteiger partial charge in [-0.25, -0.2) is 4.39 Å². The van der Waals surface area contributed by atoms with E-state index in [0.717, 1.165) is 19.3 Å². The fourth-order valence-corrected chi connectivity index (χ4v) is 0.209. The van der Waals surface area contributed by atoms with E-state index in [1.807, 2.05) is 0 Å². The van der Waals surface area contributed by atoms with Crippen LogP contribution in [0.5, 0.6) is 0 Å². The summed E-state index contributed by atoms with van der Waals surface area (Å²) in [5, 5.41) is 0. The van der Waals surface area contributed by atoms with Crippen molar-refractivity contribution in [3.63, 3.8) is 0 Å². The molecule has 0 aromatic rings. The maximum absolute atomic E-state index is 12.3. The van der Waals surface area contributed by atoms with Gasteiger partial charge in [0, 0.05) is 0 Å². The second-order valence-electron chi connectivity index (χ2n) is 1.44. The van der Waals surface area contributed by atoms with E-state index in [4.69, 9.17) is 0 Å². The second kappa shape index (κ2) is 3.04. The Morgan fingerprint density at radius 1 is 1.11 bits per heavy atom. The summed E-state index contributed by atoms with van der Waals surface area (Å²) in [6, 6.07) is 0. The lowest BCUT2D eigenvalue weighted by molar-refractivity contribution is 0.353. The Bertz CT molecular complexity index is 174. The molecule has 0 radical (unpaired) electrons. The molecular weight excluding hydrogens is 129 g/mol. The maximum Gasteiger partial charge on any atom is 0.233 e. The summed E-state index contributed by atoms with van der Waals surface area (Å²) in [5.74, 6) is 2.85. The molecule has 0 saturated heterocycles. The number of rotatable bonds is 0. The minimum Gasteiger partial charge on any atom is -0.215 e. The normalized spacial score (nSPS) is 8.44. The van der Waals surface area contributed by atoms with E-state index in [-0.39, 0.29) is 0 Å². The van der Waals surface area contributed by atoms with Crippen LogP contribution >= 0.6 is 0 Å². The van der Waals surface area contributed by atoms with E-state index >= 15 is 0 Å². The van der Waals surface area contributed by atoms with Gasteiger partial charge in [0.15, 0.2) is 0 Å². The molecule has 0 saturated carbocycles. The molecule has 0 bridgehead atoms. The molecule has 0 aliphatic heterocycles. The van der Waals surface area contributed by atoms with Crippen molar-refractivity contribution in [2.24, 2.45) is 0 Å². The van der Waals surface area contributed by atoms with E-state index in [2.05, 4.69) is 0 Å². The van der Waals surface area contributed by atoms with Crippen molar-refractivity contribution >= 4 is 0 Å². The van der Waals surface area contributed by atoms with Gasteiger partial charge in [-0.15, -0.1) is 8.78 Å². The molecule has 0 amide bonds. The molecule has 0 aliphatic carbocycles. The quantitative estimate of drug-likeness (QED) is 0.439. The average Bonchev–Trinajstić information content (AvgIpc) is 1.64. The molecule has 0 aromatic heterocycles. The Balaban J connectivity index is 4.26. The standard InChI is InChI=1S/C6H3F3/c1-6(9,2-4-7)3-5-8/h1H3. The Morgan fingerprint density at radius 2 is 1.44 bits per heavy atom. The molecule has 48 valence electrons. The van der Waals surface area contributed by atoms with Crippen molar-refractivity contribution in [2.75, 3.05) is 0 Å². The van der Waals surface area contributed by atoms with Crippen LogP contribution in [0.3, 0.4) is 0 Å². The molecule has 0 aliphatic rings. The molecule has 0 fully saturated rings. The SMILES string of the molecule is CC(F)(C#CF)C#CF. The molecule has 0 heterocycles. The lowest BCUT2D eigenvalue weighted by atomic mass is 10.2. The highest BCUT2D eigenvalue weighted by Crippen LogP contribution is 2.05. The summed E-state index contributed by atoms with van der Waals surface area (Å²) in [4.78, 5) is 0. The number of hydrogen-bond acceptors (Lipinski definition) is 0. The van der Waals surface area contributed by atoms with Gasteiger partial charge in [-0.1, -0.05) is 0 Å². The second-order valence-corrected chi connectivity index (χ2v) is 1.44. The van der Waals surface area contributed by atoms with Crippen LogP contribution in [0.15, 0.2) is 0 Å². The van der Waals surface area contributed by atoms with Crippen LogP contribution in [0.25, 0.3) is 0 Å². The van der Waals surface area contributed by atoms with Crippen molar-refractivity contribution in [3.8, 4) is 24.2 Å². The molecule has 0 rings (SSSR count). The van der Waals surface area contributed by atoms with Gasteiger partial charge in [0.1, 0.15) is 12.3 Å². The fourth-order valence-electron chi connectivity index (χ4n) is 0.209. The van der Waals surface area contributed by atoms with Gasteiger partial charge < -0.3 is 0 Å². The molecule has 3 heteroatoms. The van der Waals surface area contributed by atoms with E-state index in [1.165, 1.54) is 11.8 Å². The topological polar surface area (TPSA) is 0 Å².